The summed E-state index contributed by atoms with van der Waals surface area (Å²) in [6, 6.07) is 3.73. The number of likely N-dealkylation sites (tertiary alicyclic amines) is 1. The van der Waals surface area contributed by atoms with E-state index in [1.54, 1.807) is 20.8 Å². The lowest BCUT2D eigenvalue weighted by Crippen LogP contribution is -2.45. The van der Waals surface area contributed by atoms with Gasteiger partial charge in [0.05, 0.1) is 5.75 Å². The Morgan fingerprint density at radius 1 is 1.42 bits per heavy atom. The predicted molar refractivity (Wildman–Crippen MR) is 98.0 cm³/mol. The van der Waals surface area contributed by atoms with Crippen molar-refractivity contribution in [3.05, 3.63) is 34.6 Å². The van der Waals surface area contributed by atoms with E-state index in [9.17, 15) is 17.6 Å². The molecule has 1 amide bonds. The number of nitrogens with one attached hydrogen (secondary N) is 1. The summed E-state index contributed by atoms with van der Waals surface area (Å²) in [5, 5.41) is 0.0617. The number of carbonyl (C=O) groups excluding carboxylic acids is 1. The Morgan fingerprint density at radius 2 is 2.12 bits per heavy atom. The van der Waals surface area contributed by atoms with Gasteiger partial charge < -0.3 is 9.64 Å². The van der Waals surface area contributed by atoms with Gasteiger partial charge >= 0.3 is 6.09 Å². The maximum Gasteiger partial charge on any atom is 0.410 e. The van der Waals surface area contributed by atoms with E-state index in [-0.39, 0.29) is 23.2 Å². The molecule has 1 heterocycles. The van der Waals surface area contributed by atoms with Crippen molar-refractivity contribution in [1.82, 2.24) is 9.62 Å². The van der Waals surface area contributed by atoms with Crippen molar-refractivity contribution in [1.29, 1.82) is 0 Å². The van der Waals surface area contributed by atoms with Gasteiger partial charge in [0.2, 0.25) is 10.0 Å². The standard InChI is InChI=1S/C17H24ClFN2O4S/c1-17(2,3)25-16(22)21-9-5-6-12(21)10-20-26(23,24)11-13-14(18)7-4-8-15(13)19/h4,7-8,12,20H,5-6,9-11H2,1-3H3. The minimum atomic E-state index is -3.80. The lowest BCUT2D eigenvalue weighted by molar-refractivity contribution is 0.0229. The predicted octanol–water partition coefficient (Wildman–Crippen LogP) is 3.30. The second-order valence-corrected chi connectivity index (χ2v) is 9.49. The van der Waals surface area contributed by atoms with Gasteiger partial charge in [0.1, 0.15) is 11.4 Å². The van der Waals surface area contributed by atoms with Gasteiger partial charge in [0, 0.05) is 29.7 Å². The summed E-state index contributed by atoms with van der Waals surface area (Å²) in [4.78, 5) is 13.8. The Morgan fingerprint density at radius 3 is 2.73 bits per heavy atom. The number of hydrogen-bond acceptors (Lipinski definition) is 4. The van der Waals surface area contributed by atoms with Crippen LogP contribution >= 0.6 is 11.6 Å². The molecule has 26 heavy (non-hydrogen) atoms. The van der Waals surface area contributed by atoms with Crippen LogP contribution in [0.2, 0.25) is 5.02 Å². The van der Waals surface area contributed by atoms with E-state index in [1.807, 2.05) is 0 Å². The van der Waals surface area contributed by atoms with E-state index < -0.39 is 33.3 Å². The molecule has 0 saturated carbocycles. The summed E-state index contributed by atoms with van der Waals surface area (Å²) in [6.07, 6.45) is 0.976. The van der Waals surface area contributed by atoms with Gasteiger partial charge in [-0.05, 0) is 45.7 Å². The van der Waals surface area contributed by atoms with E-state index in [4.69, 9.17) is 16.3 Å². The van der Waals surface area contributed by atoms with Gasteiger partial charge in [-0.15, -0.1) is 0 Å². The lowest BCUT2D eigenvalue weighted by atomic mass is 10.2. The highest BCUT2D eigenvalue weighted by Gasteiger charge is 2.33. The molecular weight excluding hydrogens is 383 g/mol. The van der Waals surface area contributed by atoms with E-state index in [0.717, 1.165) is 12.5 Å². The molecule has 1 aromatic carbocycles. The number of halogens is 2. The lowest BCUT2D eigenvalue weighted by Gasteiger charge is -2.28. The first-order valence-electron chi connectivity index (χ1n) is 8.38. The van der Waals surface area contributed by atoms with Crippen LogP contribution in [0.3, 0.4) is 0 Å². The fourth-order valence-electron chi connectivity index (χ4n) is 2.74. The van der Waals surface area contributed by atoms with Crippen LogP contribution in [0, 0.1) is 5.82 Å². The number of ether oxygens (including phenoxy) is 1. The molecule has 1 unspecified atom stereocenters. The highest BCUT2D eigenvalue weighted by Crippen LogP contribution is 2.23. The second kappa shape index (κ2) is 8.10. The summed E-state index contributed by atoms with van der Waals surface area (Å²) in [5.41, 5.74) is -0.692. The minimum Gasteiger partial charge on any atom is -0.444 e. The Kier molecular flexibility index (Phi) is 6.52. The zero-order valence-electron chi connectivity index (χ0n) is 15.1. The molecule has 0 spiro atoms. The van der Waals surface area contributed by atoms with Crippen LogP contribution in [0.4, 0.5) is 9.18 Å². The minimum absolute atomic E-state index is 0.0493. The molecule has 0 radical (unpaired) electrons. The van der Waals surface area contributed by atoms with Crippen molar-refractivity contribution in [2.75, 3.05) is 13.1 Å². The quantitative estimate of drug-likeness (QED) is 0.814. The first kappa shape index (κ1) is 20.9. The van der Waals surface area contributed by atoms with Crippen molar-refractivity contribution in [3.8, 4) is 0 Å². The molecule has 1 aliphatic heterocycles. The fraction of sp³-hybridized carbons (Fsp3) is 0.588. The van der Waals surface area contributed by atoms with Crippen molar-refractivity contribution < 1.29 is 22.3 Å². The third-order valence-corrected chi connectivity index (χ3v) is 5.57. The van der Waals surface area contributed by atoms with Gasteiger partial charge in [-0.25, -0.2) is 22.3 Å². The molecule has 0 aromatic heterocycles. The van der Waals surface area contributed by atoms with E-state index in [1.165, 1.54) is 17.0 Å². The van der Waals surface area contributed by atoms with Gasteiger partial charge in [-0.2, -0.15) is 0 Å². The highest BCUT2D eigenvalue weighted by atomic mass is 35.5. The Hall–Kier alpha value is -1.38. The Bertz CT molecular complexity index is 744. The molecule has 1 atom stereocenters. The fourth-order valence-corrected chi connectivity index (χ4v) is 4.27. The smallest absolute Gasteiger partial charge is 0.410 e. The first-order chi connectivity index (χ1) is 12.0. The molecule has 0 bridgehead atoms. The largest absolute Gasteiger partial charge is 0.444 e. The van der Waals surface area contributed by atoms with Crippen molar-refractivity contribution in [2.24, 2.45) is 0 Å². The van der Waals surface area contributed by atoms with Crippen LogP contribution in [0.25, 0.3) is 0 Å². The third-order valence-electron chi connectivity index (χ3n) is 3.94. The molecule has 2 rings (SSSR count). The number of amides is 1. The van der Waals surface area contributed by atoms with Gasteiger partial charge in [-0.1, -0.05) is 17.7 Å². The number of rotatable bonds is 5. The molecule has 9 heteroatoms. The number of hydrogen-bond donors (Lipinski definition) is 1. The van der Waals surface area contributed by atoms with Crippen molar-refractivity contribution >= 4 is 27.7 Å². The second-order valence-electron chi connectivity index (χ2n) is 7.28. The Balaban J connectivity index is 1.99. The zero-order chi connectivity index (χ0) is 19.5. The molecule has 6 nitrogen and oxygen atoms in total. The third kappa shape index (κ3) is 5.82. The van der Waals surface area contributed by atoms with E-state index in [0.29, 0.717) is 13.0 Å². The van der Waals surface area contributed by atoms with Gasteiger partial charge in [-0.3, -0.25) is 0 Å². The molecule has 1 aliphatic rings. The Labute approximate surface area is 158 Å². The molecule has 1 saturated heterocycles. The molecular formula is C17H24ClFN2O4S. The van der Waals surface area contributed by atoms with Gasteiger partial charge in [0.25, 0.3) is 0 Å². The van der Waals surface area contributed by atoms with Crippen LogP contribution in [-0.2, 0) is 20.5 Å². The SMILES string of the molecule is CC(C)(C)OC(=O)N1CCCC1CNS(=O)(=O)Cc1c(F)cccc1Cl. The average Bonchev–Trinajstić information content (AvgIpc) is 2.96. The molecule has 1 N–H and O–H groups in total. The molecule has 0 aliphatic carbocycles. The summed E-state index contributed by atoms with van der Waals surface area (Å²) in [5.74, 6) is -1.23. The number of nitrogens with zero attached hydrogens (tertiary/aromatic N) is 1. The topological polar surface area (TPSA) is 75.7 Å². The van der Waals surface area contributed by atoms with Crippen LogP contribution in [0.15, 0.2) is 18.2 Å². The normalized spacial score (nSPS) is 18.2. The summed E-state index contributed by atoms with van der Waals surface area (Å²) in [6.45, 7) is 5.89. The molecule has 1 fully saturated rings. The van der Waals surface area contributed by atoms with Crippen LogP contribution in [0.1, 0.15) is 39.2 Å². The van der Waals surface area contributed by atoms with Gasteiger partial charge in [0.15, 0.2) is 0 Å². The summed E-state index contributed by atoms with van der Waals surface area (Å²) in [7, 11) is -3.80. The highest BCUT2D eigenvalue weighted by molar-refractivity contribution is 7.88. The summed E-state index contributed by atoms with van der Waals surface area (Å²) >= 11 is 5.89. The van der Waals surface area contributed by atoms with Crippen LogP contribution < -0.4 is 4.72 Å². The first-order valence-corrected chi connectivity index (χ1v) is 10.4. The van der Waals surface area contributed by atoms with E-state index >= 15 is 0 Å². The van der Waals surface area contributed by atoms with Crippen molar-refractivity contribution in [2.45, 2.75) is 51.0 Å². The number of benzene rings is 1. The van der Waals surface area contributed by atoms with Crippen LogP contribution in [-0.4, -0.2) is 44.1 Å². The van der Waals surface area contributed by atoms with E-state index in [2.05, 4.69) is 4.72 Å². The monoisotopic (exact) mass is 406 g/mol. The zero-order valence-corrected chi connectivity index (χ0v) is 16.7. The maximum atomic E-state index is 13.8. The van der Waals surface area contributed by atoms with Crippen LogP contribution in [0.5, 0.6) is 0 Å². The van der Waals surface area contributed by atoms with Crippen molar-refractivity contribution in [3.63, 3.8) is 0 Å². The average molecular weight is 407 g/mol. The maximum absolute atomic E-state index is 13.8. The number of sulfonamides is 1. The molecule has 146 valence electrons. The summed E-state index contributed by atoms with van der Waals surface area (Å²) < 4.78 is 46.2. The molecule has 1 aromatic rings. The number of carbonyl (C=O) groups is 1.